The molecular formula is C16H15BrO4. The van der Waals surface area contributed by atoms with Gasteiger partial charge in [0, 0.05) is 15.6 Å². The Labute approximate surface area is 131 Å². The van der Waals surface area contributed by atoms with Gasteiger partial charge in [-0.25, -0.2) is 0 Å². The van der Waals surface area contributed by atoms with E-state index in [9.17, 15) is 4.79 Å². The zero-order valence-electron chi connectivity index (χ0n) is 11.8. The lowest BCUT2D eigenvalue weighted by molar-refractivity contribution is 0.112. The van der Waals surface area contributed by atoms with E-state index in [2.05, 4.69) is 15.9 Å². The monoisotopic (exact) mass is 350 g/mol. The standard InChI is InChI=1S/C16H15BrO4/c1-19-14-6-4-13(17)8-12(14)10-21-15-5-3-11(9-18)7-16(15)20-2/h3-9H,10H2,1-2H3. The lowest BCUT2D eigenvalue weighted by atomic mass is 10.2. The molecule has 0 atom stereocenters. The molecule has 4 nitrogen and oxygen atoms in total. The van der Waals surface area contributed by atoms with E-state index in [1.807, 2.05) is 18.2 Å². The maximum atomic E-state index is 10.8. The molecule has 0 aliphatic heterocycles. The fourth-order valence-corrected chi connectivity index (χ4v) is 2.30. The van der Waals surface area contributed by atoms with E-state index in [0.29, 0.717) is 23.7 Å². The summed E-state index contributed by atoms with van der Waals surface area (Å²) in [5.74, 6) is 1.85. The molecule has 0 N–H and O–H groups in total. The Hall–Kier alpha value is -2.01. The largest absolute Gasteiger partial charge is 0.496 e. The molecule has 0 aliphatic carbocycles. The van der Waals surface area contributed by atoms with Gasteiger partial charge in [0.2, 0.25) is 0 Å². The maximum absolute atomic E-state index is 10.8. The molecule has 0 aliphatic rings. The molecule has 0 amide bonds. The number of rotatable bonds is 6. The summed E-state index contributed by atoms with van der Waals surface area (Å²) in [5.41, 5.74) is 1.45. The van der Waals surface area contributed by atoms with E-state index in [-0.39, 0.29) is 0 Å². The van der Waals surface area contributed by atoms with Gasteiger partial charge in [-0.1, -0.05) is 15.9 Å². The molecule has 2 aromatic rings. The lowest BCUT2D eigenvalue weighted by Gasteiger charge is -2.13. The number of carbonyl (C=O) groups excluding carboxylic acids is 1. The predicted octanol–water partition coefficient (Wildman–Crippen LogP) is 3.86. The van der Waals surface area contributed by atoms with Crippen molar-refractivity contribution in [1.82, 2.24) is 0 Å². The average Bonchev–Trinajstić information content (AvgIpc) is 2.52. The summed E-state index contributed by atoms with van der Waals surface area (Å²) in [6.07, 6.45) is 0.767. The minimum atomic E-state index is 0.333. The van der Waals surface area contributed by atoms with Gasteiger partial charge in [-0.2, -0.15) is 0 Å². The predicted molar refractivity (Wildman–Crippen MR) is 83.4 cm³/mol. The third-order valence-electron chi connectivity index (χ3n) is 2.95. The Bertz CT molecular complexity index is 640. The molecule has 2 rings (SSSR count). The molecule has 0 saturated carbocycles. The number of ether oxygens (including phenoxy) is 3. The van der Waals surface area contributed by atoms with Crippen LogP contribution >= 0.6 is 15.9 Å². The third kappa shape index (κ3) is 3.76. The van der Waals surface area contributed by atoms with E-state index in [4.69, 9.17) is 14.2 Å². The van der Waals surface area contributed by atoms with E-state index < -0.39 is 0 Å². The van der Waals surface area contributed by atoms with Crippen LogP contribution in [0, 0.1) is 0 Å². The van der Waals surface area contributed by atoms with Gasteiger partial charge in [0.25, 0.3) is 0 Å². The van der Waals surface area contributed by atoms with Crippen LogP contribution in [0.1, 0.15) is 15.9 Å². The van der Waals surface area contributed by atoms with Crippen molar-refractivity contribution in [3.63, 3.8) is 0 Å². The number of carbonyl (C=O) groups is 1. The van der Waals surface area contributed by atoms with Crippen LogP contribution in [0.15, 0.2) is 40.9 Å². The van der Waals surface area contributed by atoms with Gasteiger partial charge in [0.15, 0.2) is 11.5 Å². The fourth-order valence-electron chi connectivity index (χ4n) is 1.89. The average molecular weight is 351 g/mol. The van der Waals surface area contributed by atoms with Gasteiger partial charge in [-0.05, 0) is 36.4 Å². The van der Waals surface area contributed by atoms with Crippen LogP contribution in [-0.2, 0) is 6.61 Å². The minimum Gasteiger partial charge on any atom is -0.496 e. The van der Waals surface area contributed by atoms with E-state index >= 15 is 0 Å². The number of hydrogen-bond donors (Lipinski definition) is 0. The second-order valence-corrected chi connectivity index (χ2v) is 5.19. The highest BCUT2D eigenvalue weighted by Crippen LogP contribution is 2.30. The molecule has 0 spiro atoms. The van der Waals surface area contributed by atoms with Crippen LogP contribution < -0.4 is 14.2 Å². The van der Waals surface area contributed by atoms with Crippen molar-refractivity contribution in [2.45, 2.75) is 6.61 Å². The first-order valence-electron chi connectivity index (χ1n) is 6.26. The van der Waals surface area contributed by atoms with Gasteiger partial charge >= 0.3 is 0 Å². The van der Waals surface area contributed by atoms with Crippen LogP contribution in [-0.4, -0.2) is 20.5 Å². The fraction of sp³-hybridized carbons (Fsp3) is 0.188. The second-order valence-electron chi connectivity index (χ2n) is 4.27. The summed E-state index contributed by atoms with van der Waals surface area (Å²) < 4.78 is 17.3. The highest BCUT2D eigenvalue weighted by Gasteiger charge is 2.09. The van der Waals surface area contributed by atoms with Gasteiger partial charge in [-0.3, -0.25) is 4.79 Å². The Morgan fingerprint density at radius 2 is 1.71 bits per heavy atom. The molecule has 0 aromatic heterocycles. The third-order valence-corrected chi connectivity index (χ3v) is 3.44. The Balaban J connectivity index is 2.20. The molecule has 5 heteroatoms. The molecule has 0 fully saturated rings. The zero-order chi connectivity index (χ0) is 15.2. The van der Waals surface area contributed by atoms with Crippen molar-refractivity contribution in [3.05, 3.63) is 52.0 Å². The van der Waals surface area contributed by atoms with Crippen molar-refractivity contribution in [1.29, 1.82) is 0 Å². The van der Waals surface area contributed by atoms with Crippen LogP contribution in [0.5, 0.6) is 17.2 Å². The normalized spacial score (nSPS) is 10.0. The van der Waals surface area contributed by atoms with Gasteiger partial charge < -0.3 is 14.2 Å². The molecule has 0 unspecified atom stereocenters. The minimum absolute atomic E-state index is 0.333. The quantitative estimate of drug-likeness (QED) is 0.742. The molecule has 0 bridgehead atoms. The maximum Gasteiger partial charge on any atom is 0.161 e. The first-order valence-corrected chi connectivity index (χ1v) is 7.05. The second kappa shape index (κ2) is 7.13. The highest BCUT2D eigenvalue weighted by molar-refractivity contribution is 9.10. The SMILES string of the molecule is COc1ccc(Br)cc1COc1ccc(C=O)cc1OC. The molecule has 2 aromatic carbocycles. The highest BCUT2D eigenvalue weighted by atomic mass is 79.9. The van der Waals surface area contributed by atoms with Crippen LogP contribution in [0.25, 0.3) is 0 Å². The summed E-state index contributed by atoms with van der Waals surface area (Å²) in [6, 6.07) is 10.7. The van der Waals surface area contributed by atoms with Crippen molar-refractivity contribution in [3.8, 4) is 17.2 Å². The molecule has 0 heterocycles. The van der Waals surface area contributed by atoms with Crippen molar-refractivity contribution in [2.75, 3.05) is 14.2 Å². The summed E-state index contributed by atoms with van der Waals surface area (Å²) in [6.45, 7) is 0.333. The summed E-state index contributed by atoms with van der Waals surface area (Å²) in [7, 11) is 3.16. The van der Waals surface area contributed by atoms with Gasteiger partial charge in [0.05, 0.1) is 14.2 Å². The molecule has 0 radical (unpaired) electrons. The number of halogens is 1. The summed E-state index contributed by atoms with van der Waals surface area (Å²) >= 11 is 3.42. The molecule has 0 saturated heterocycles. The molecule has 21 heavy (non-hydrogen) atoms. The van der Waals surface area contributed by atoms with Gasteiger partial charge in [0.1, 0.15) is 18.6 Å². The first kappa shape index (κ1) is 15.4. The number of benzene rings is 2. The van der Waals surface area contributed by atoms with E-state index in [1.54, 1.807) is 25.3 Å². The van der Waals surface area contributed by atoms with Crippen LogP contribution in [0.4, 0.5) is 0 Å². The topological polar surface area (TPSA) is 44.8 Å². The zero-order valence-corrected chi connectivity index (χ0v) is 13.3. The number of methoxy groups -OCH3 is 2. The van der Waals surface area contributed by atoms with Crippen LogP contribution in [0.2, 0.25) is 0 Å². The molecule has 110 valence electrons. The van der Waals surface area contributed by atoms with Crippen molar-refractivity contribution in [2.24, 2.45) is 0 Å². The van der Waals surface area contributed by atoms with Gasteiger partial charge in [-0.15, -0.1) is 0 Å². The van der Waals surface area contributed by atoms with Crippen molar-refractivity contribution >= 4 is 22.2 Å². The van der Waals surface area contributed by atoms with Crippen molar-refractivity contribution < 1.29 is 19.0 Å². The Morgan fingerprint density at radius 3 is 2.38 bits per heavy atom. The summed E-state index contributed by atoms with van der Waals surface area (Å²) in [4.78, 5) is 10.8. The lowest BCUT2D eigenvalue weighted by Crippen LogP contribution is -2.00. The van der Waals surface area contributed by atoms with E-state index in [0.717, 1.165) is 22.1 Å². The number of aldehydes is 1. The van der Waals surface area contributed by atoms with E-state index in [1.165, 1.54) is 7.11 Å². The van der Waals surface area contributed by atoms with Crippen LogP contribution in [0.3, 0.4) is 0 Å². The molecular weight excluding hydrogens is 336 g/mol. The smallest absolute Gasteiger partial charge is 0.161 e. The number of hydrogen-bond acceptors (Lipinski definition) is 4. The first-order chi connectivity index (χ1) is 10.2. The Morgan fingerprint density at radius 1 is 1.00 bits per heavy atom. The summed E-state index contributed by atoms with van der Waals surface area (Å²) in [5, 5.41) is 0. The Kier molecular flexibility index (Phi) is 5.22.